The van der Waals surface area contributed by atoms with E-state index in [1.54, 1.807) is 135 Å². The van der Waals surface area contributed by atoms with Crippen LogP contribution in [-0.2, 0) is 45.4 Å². The highest BCUT2D eigenvalue weighted by Crippen LogP contribution is 2.25. The third-order valence-electron chi connectivity index (χ3n) is 11.6. The van der Waals surface area contributed by atoms with E-state index >= 15 is 0 Å². The highest BCUT2D eigenvalue weighted by atomic mass is 32.2. The average Bonchev–Trinajstić information content (AvgIpc) is 3.44. The van der Waals surface area contributed by atoms with E-state index in [1.807, 2.05) is 13.8 Å². The van der Waals surface area contributed by atoms with Gasteiger partial charge in [0.25, 0.3) is 0 Å². The summed E-state index contributed by atoms with van der Waals surface area (Å²) in [5.74, 6) is 1.27. The second kappa shape index (κ2) is 33.0. The fourth-order valence-electron chi connectivity index (χ4n) is 6.59. The van der Waals surface area contributed by atoms with Crippen molar-refractivity contribution in [3.63, 3.8) is 0 Å². The van der Waals surface area contributed by atoms with E-state index in [1.165, 1.54) is 43.2 Å². The molecule has 392 valence electrons. The fraction of sp³-hybridized carbons (Fsp3) is 0.250. The van der Waals surface area contributed by atoms with Crippen LogP contribution in [-0.4, -0.2) is 43.6 Å². The van der Waals surface area contributed by atoms with Gasteiger partial charge in [-0.15, -0.1) is 23.5 Å². The first-order chi connectivity index (χ1) is 35.5. The van der Waals surface area contributed by atoms with Crippen LogP contribution in [0.5, 0.6) is 11.5 Å². The molecule has 8 rings (SSSR count). The largest absolute Gasteiger partial charge is 0.497 e. The van der Waals surface area contributed by atoms with Crippen molar-refractivity contribution in [3.8, 4) is 11.5 Å². The van der Waals surface area contributed by atoms with Gasteiger partial charge in [-0.1, -0.05) is 147 Å². The van der Waals surface area contributed by atoms with Crippen molar-refractivity contribution in [2.45, 2.75) is 110 Å². The molecule has 0 aromatic heterocycles. The maximum atomic E-state index is 12.3. The second-order valence-corrected chi connectivity index (χ2v) is 22.7. The molecular weight excluding hydrogens is 993 g/mol. The molecule has 74 heavy (non-hydrogen) atoms. The van der Waals surface area contributed by atoms with Crippen LogP contribution in [0.4, 0.5) is 0 Å². The number of hydrogen-bond donors (Lipinski definition) is 0. The summed E-state index contributed by atoms with van der Waals surface area (Å²) in [4.78, 5) is 3.82. The van der Waals surface area contributed by atoms with Gasteiger partial charge in [-0.25, -0.2) is 16.8 Å². The lowest BCUT2D eigenvalue weighted by Crippen LogP contribution is -2.01. The number of methoxy groups -OCH3 is 2. The molecule has 0 saturated heterocycles. The molecule has 6 nitrogen and oxygen atoms in total. The number of rotatable bonds is 12. The van der Waals surface area contributed by atoms with Crippen molar-refractivity contribution < 1.29 is 26.3 Å². The van der Waals surface area contributed by atoms with E-state index in [2.05, 4.69) is 151 Å². The minimum absolute atomic E-state index is 0.271. The van der Waals surface area contributed by atoms with Crippen LogP contribution in [0.3, 0.4) is 0 Å². The van der Waals surface area contributed by atoms with E-state index in [0.29, 0.717) is 21.3 Å². The van der Waals surface area contributed by atoms with Crippen LogP contribution < -0.4 is 9.47 Å². The molecule has 10 heteroatoms. The van der Waals surface area contributed by atoms with Gasteiger partial charge in [0.1, 0.15) is 11.5 Å². The molecule has 0 spiro atoms. The zero-order chi connectivity index (χ0) is 54.5. The van der Waals surface area contributed by atoms with Crippen LogP contribution in [0.25, 0.3) is 0 Å². The number of ether oxygens (including phenoxy) is 2. The van der Waals surface area contributed by atoms with Gasteiger partial charge in [0.15, 0.2) is 0 Å². The molecule has 0 radical (unpaired) electrons. The monoisotopic (exact) mass is 1070 g/mol. The van der Waals surface area contributed by atoms with Crippen molar-refractivity contribution in [1.82, 2.24) is 0 Å². The van der Waals surface area contributed by atoms with E-state index in [0.717, 1.165) is 36.8 Å². The Morgan fingerprint density at radius 2 is 0.500 bits per heavy atom. The highest BCUT2D eigenvalue weighted by Gasteiger charge is 2.18. The Labute approximate surface area is 453 Å². The van der Waals surface area contributed by atoms with E-state index in [-0.39, 0.29) is 9.79 Å². The minimum Gasteiger partial charge on any atom is -0.497 e. The maximum Gasteiger partial charge on any atom is 0.206 e. The predicted molar refractivity (Wildman–Crippen MR) is 316 cm³/mol. The number of hydrogen-bond acceptors (Lipinski definition) is 8. The van der Waals surface area contributed by atoms with Gasteiger partial charge >= 0.3 is 0 Å². The Bertz CT molecular complexity index is 2750. The SMILES string of the molecule is CCc1ccc(CC)cc1.CCc1ccc(CC)cc1.COc1ccc(S(=O)(=O)c2ccc(C)cc2)cc1.COc1ccc(S(=O)(=O)c2ccc(C)cc2)cc1.CSc1ccc(C)cc1.CSc1ccc(C)cc1. The molecular formula is C64H76O6S4. The molecule has 8 aromatic rings. The lowest BCUT2D eigenvalue weighted by molar-refractivity contribution is 0.414. The van der Waals surface area contributed by atoms with E-state index in [9.17, 15) is 16.8 Å². The fourth-order valence-corrected chi connectivity index (χ4v) is 9.93. The zero-order valence-electron chi connectivity index (χ0n) is 45.4. The van der Waals surface area contributed by atoms with Gasteiger partial charge in [-0.2, -0.15) is 0 Å². The van der Waals surface area contributed by atoms with Crippen molar-refractivity contribution in [1.29, 1.82) is 0 Å². The van der Waals surface area contributed by atoms with Gasteiger partial charge in [-0.05, 0) is 185 Å². The summed E-state index contributed by atoms with van der Waals surface area (Å²) in [6.45, 7) is 16.8. The van der Waals surface area contributed by atoms with Gasteiger partial charge < -0.3 is 9.47 Å². The van der Waals surface area contributed by atoms with Gasteiger partial charge in [0.05, 0.1) is 33.8 Å². The maximum absolute atomic E-state index is 12.3. The summed E-state index contributed by atoms with van der Waals surface area (Å²) in [6.07, 6.45) is 8.75. The molecule has 0 heterocycles. The summed E-state index contributed by atoms with van der Waals surface area (Å²) in [7, 11) is -3.78. The van der Waals surface area contributed by atoms with Crippen molar-refractivity contribution in [3.05, 3.63) is 239 Å². The Kier molecular flexibility index (Phi) is 27.8. The van der Waals surface area contributed by atoms with Crippen molar-refractivity contribution in [2.75, 3.05) is 26.7 Å². The van der Waals surface area contributed by atoms with Gasteiger partial charge in [0, 0.05) is 9.79 Å². The Morgan fingerprint density at radius 1 is 0.311 bits per heavy atom. The second-order valence-electron chi connectivity index (χ2n) is 17.1. The Morgan fingerprint density at radius 3 is 0.676 bits per heavy atom. The van der Waals surface area contributed by atoms with Crippen LogP contribution in [0, 0.1) is 27.7 Å². The first-order valence-electron chi connectivity index (χ1n) is 24.7. The van der Waals surface area contributed by atoms with Gasteiger partial charge in [0.2, 0.25) is 19.7 Å². The van der Waals surface area contributed by atoms with Crippen LogP contribution in [0.15, 0.2) is 223 Å². The number of thioether (sulfide) groups is 2. The molecule has 0 N–H and O–H groups in total. The summed E-state index contributed by atoms with van der Waals surface area (Å²) >= 11 is 3.56. The lowest BCUT2D eigenvalue weighted by Gasteiger charge is -2.06. The molecule has 0 aliphatic rings. The Hall–Kier alpha value is -6.04. The minimum atomic E-state index is -3.44. The smallest absolute Gasteiger partial charge is 0.206 e. The summed E-state index contributed by atoms with van der Waals surface area (Å²) in [5.41, 5.74) is 10.4. The van der Waals surface area contributed by atoms with Gasteiger partial charge in [-0.3, -0.25) is 0 Å². The van der Waals surface area contributed by atoms with Crippen LogP contribution >= 0.6 is 23.5 Å². The first-order valence-corrected chi connectivity index (χ1v) is 30.2. The third-order valence-corrected chi connectivity index (χ3v) is 16.7. The zero-order valence-corrected chi connectivity index (χ0v) is 48.7. The molecule has 0 amide bonds. The molecule has 8 aromatic carbocycles. The standard InChI is InChI=1S/2C14H14O3S.2C10H14.2C8H10S/c2*1-11-3-7-13(8-4-11)18(15,16)14-9-5-12(17-2)6-10-14;2*1-3-9-5-7-10(4-2)8-6-9;2*1-7-3-5-8(9-2)6-4-7/h2*3-10H,1-2H3;2*5-8H,3-4H2,1-2H3;2*3-6H,1-2H3. The van der Waals surface area contributed by atoms with Crippen molar-refractivity contribution in [2.24, 2.45) is 0 Å². The molecule has 0 aliphatic carbocycles. The summed E-state index contributed by atoms with van der Waals surface area (Å²) < 4.78 is 59.2. The third kappa shape index (κ3) is 21.4. The Balaban J connectivity index is 0.000000241. The van der Waals surface area contributed by atoms with Crippen molar-refractivity contribution >= 4 is 43.2 Å². The molecule has 0 fully saturated rings. The molecule has 0 unspecified atom stereocenters. The molecule has 0 atom stereocenters. The van der Waals surface area contributed by atoms with E-state index in [4.69, 9.17) is 9.47 Å². The normalized spacial score (nSPS) is 10.4. The number of aryl methyl sites for hydroxylation is 8. The topological polar surface area (TPSA) is 86.7 Å². The van der Waals surface area contributed by atoms with E-state index < -0.39 is 19.7 Å². The number of sulfone groups is 2. The first kappa shape index (κ1) is 62.3. The average molecular weight is 1070 g/mol. The molecule has 0 aliphatic heterocycles. The predicted octanol–water partition coefficient (Wildman–Crippen LogP) is 16.7. The highest BCUT2D eigenvalue weighted by molar-refractivity contribution is 7.98. The molecule has 0 bridgehead atoms. The lowest BCUT2D eigenvalue weighted by atomic mass is 10.1. The van der Waals surface area contributed by atoms with Crippen LogP contribution in [0.2, 0.25) is 0 Å². The summed E-state index contributed by atoms with van der Waals surface area (Å²) in [6, 6.07) is 61.1. The molecule has 0 saturated carbocycles. The summed E-state index contributed by atoms with van der Waals surface area (Å²) in [5, 5.41) is 0. The van der Waals surface area contributed by atoms with Crippen LogP contribution in [0.1, 0.15) is 72.2 Å². The number of benzene rings is 8. The quantitative estimate of drug-likeness (QED) is 0.112.